The number of aromatic nitrogens is 1. The van der Waals surface area contributed by atoms with Crippen molar-refractivity contribution in [3.8, 4) is 0 Å². The first-order valence-corrected chi connectivity index (χ1v) is 11.4. The van der Waals surface area contributed by atoms with Gasteiger partial charge in [-0.2, -0.15) is 4.90 Å². The van der Waals surface area contributed by atoms with Crippen molar-refractivity contribution >= 4 is 46.1 Å². The first-order valence-electron chi connectivity index (χ1n) is 11.4. The minimum Gasteiger partial charge on any atom is -0.481 e. The normalized spacial score (nSPS) is 11.6. The summed E-state index contributed by atoms with van der Waals surface area (Å²) >= 11 is 0. The summed E-state index contributed by atoms with van der Waals surface area (Å²) in [4.78, 5) is 42.5. The molecule has 2 amide bonds. The molecule has 0 bridgehead atoms. The number of pyridine rings is 1. The number of nitrogens with one attached hydrogen (secondary N) is 1. The SMILES string of the molecule is CC(C)(C)OC(=O)N(C(=O)OC(C)(C)C)c1nccc2cc(Nc3ccccc3CC(=O)O)ccc12. The van der Waals surface area contributed by atoms with E-state index in [0.29, 0.717) is 27.7 Å². The molecular formula is C27H31N3O6. The van der Waals surface area contributed by atoms with Gasteiger partial charge in [-0.15, -0.1) is 0 Å². The molecule has 36 heavy (non-hydrogen) atoms. The second-order valence-electron chi connectivity index (χ2n) is 10.2. The molecule has 0 aliphatic heterocycles. The molecule has 0 unspecified atom stereocenters. The standard InChI is InChI=1S/C27H31N3O6/c1-26(2,3)35-24(33)30(25(34)36-27(4,5)6)23-20-12-11-19(15-17(20)13-14-28-23)29-21-10-8-7-9-18(21)16-22(31)32/h7-15,29H,16H2,1-6H3,(H,31,32). The monoisotopic (exact) mass is 493 g/mol. The van der Waals surface area contributed by atoms with Crippen LogP contribution in [-0.2, 0) is 20.7 Å². The average Bonchev–Trinajstić information content (AvgIpc) is 2.72. The number of nitrogens with zero attached hydrogens (tertiary/aromatic N) is 2. The van der Waals surface area contributed by atoms with E-state index in [-0.39, 0.29) is 12.2 Å². The van der Waals surface area contributed by atoms with Gasteiger partial charge in [-0.05, 0) is 82.8 Å². The number of carboxylic acids is 1. The van der Waals surface area contributed by atoms with Crippen LogP contribution in [0.3, 0.4) is 0 Å². The van der Waals surface area contributed by atoms with Gasteiger partial charge < -0.3 is 19.9 Å². The Kier molecular flexibility index (Phi) is 7.52. The van der Waals surface area contributed by atoms with E-state index in [2.05, 4.69) is 10.3 Å². The van der Waals surface area contributed by atoms with Crippen molar-refractivity contribution in [3.63, 3.8) is 0 Å². The highest BCUT2D eigenvalue weighted by molar-refractivity contribution is 6.14. The van der Waals surface area contributed by atoms with Gasteiger partial charge >= 0.3 is 18.2 Å². The maximum atomic E-state index is 13.1. The number of carboxylic acid groups (broad SMARTS) is 1. The molecule has 1 aromatic heterocycles. The fourth-order valence-electron chi connectivity index (χ4n) is 3.40. The van der Waals surface area contributed by atoms with Crippen LogP contribution in [0.25, 0.3) is 10.8 Å². The largest absolute Gasteiger partial charge is 0.481 e. The van der Waals surface area contributed by atoms with Crippen molar-refractivity contribution in [2.75, 3.05) is 10.2 Å². The molecule has 9 heteroatoms. The molecule has 2 aromatic carbocycles. The van der Waals surface area contributed by atoms with E-state index in [4.69, 9.17) is 9.47 Å². The summed E-state index contributed by atoms with van der Waals surface area (Å²) < 4.78 is 10.9. The first kappa shape index (κ1) is 26.5. The number of para-hydroxylation sites is 1. The van der Waals surface area contributed by atoms with Gasteiger partial charge in [0.1, 0.15) is 11.2 Å². The number of amides is 2. The first-order chi connectivity index (χ1) is 16.7. The number of imide groups is 1. The highest BCUT2D eigenvalue weighted by Crippen LogP contribution is 2.31. The van der Waals surface area contributed by atoms with Crippen molar-refractivity contribution in [1.82, 2.24) is 4.98 Å². The summed E-state index contributed by atoms with van der Waals surface area (Å²) in [5, 5.41) is 13.7. The molecule has 0 saturated heterocycles. The van der Waals surface area contributed by atoms with Gasteiger partial charge in [-0.3, -0.25) is 4.79 Å². The molecule has 3 aromatic rings. The lowest BCUT2D eigenvalue weighted by Crippen LogP contribution is -2.44. The average molecular weight is 494 g/mol. The molecule has 0 spiro atoms. The lowest BCUT2D eigenvalue weighted by atomic mass is 10.1. The van der Waals surface area contributed by atoms with Crippen molar-refractivity contribution in [3.05, 3.63) is 60.3 Å². The van der Waals surface area contributed by atoms with E-state index in [1.165, 1.54) is 6.20 Å². The van der Waals surface area contributed by atoms with Crippen molar-refractivity contribution in [2.45, 2.75) is 59.2 Å². The number of fused-ring (bicyclic) bond motifs is 1. The Labute approximate surface area is 210 Å². The Morgan fingerprint density at radius 2 is 1.53 bits per heavy atom. The Bertz CT molecular complexity index is 1260. The molecule has 2 N–H and O–H groups in total. The zero-order valence-electron chi connectivity index (χ0n) is 21.3. The van der Waals surface area contributed by atoms with Gasteiger partial charge in [0.2, 0.25) is 0 Å². The highest BCUT2D eigenvalue weighted by atomic mass is 16.6. The summed E-state index contributed by atoms with van der Waals surface area (Å²) in [5.41, 5.74) is 0.308. The lowest BCUT2D eigenvalue weighted by Gasteiger charge is -2.28. The third-order valence-electron chi connectivity index (χ3n) is 4.75. The molecule has 0 saturated carbocycles. The molecular weight excluding hydrogens is 462 g/mol. The maximum Gasteiger partial charge on any atom is 0.425 e. The van der Waals surface area contributed by atoms with Gasteiger partial charge in [-0.25, -0.2) is 14.6 Å². The topological polar surface area (TPSA) is 118 Å². The Morgan fingerprint density at radius 1 is 0.917 bits per heavy atom. The molecule has 0 atom stereocenters. The van der Waals surface area contributed by atoms with Gasteiger partial charge in [-0.1, -0.05) is 18.2 Å². The summed E-state index contributed by atoms with van der Waals surface area (Å²) in [6, 6.07) is 14.2. The second-order valence-corrected chi connectivity index (χ2v) is 10.2. The Morgan fingerprint density at radius 3 is 2.11 bits per heavy atom. The zero-order valence-corrected chi connectivity index (χ0v) is 21.3. The molecule has 3 rings (SSSR count). The van der Waals surface area contributed by atoms with Crippen LogP contribution in [0.15, 0.2) is 54.7 Å². The van der Waals surface area contributed by atoms with Crippen LogP contribution in [0.1, 0.15) is 47.1 Å². The number of rotatable bonds is 5. The van der Waals surface area contributed by atoms with Crippen molar-refractivity contribution < 1.29 is 29.0 Å². The van der Waals surface area contributed by atoms with E-state index < -0.39 is 29.4 Å². The summed E-state index contributed by atoms with van der Waals surface area (Å²) in [7, 11) is 0. The van der Waals surface area contributed by atoms with Gasteiger partial charge in [0, 0.05) is 23.0 Å². The maximum absolute atomic E-state index is 13.1. The molecule has 0 aliphatic carbocycles. The van der Waals surface area contributed by atoms with E-state index in [1.54, 1.807) is 77.9 Å². The number of carbonyl (C=O) groups is 3. The predicted molar refractivity (Wildman–Crippen MR) is 138 cm³/mol. The third kappa shape index (κ3) is 6.94. The smallest absolute Gasteiger partial charge is 0.425 e. The van der Waals surface area contributed by atoms with Gasteiger partial charge in [0.15, 0.2) is 5.82 Å². The number of anilines is 3. The number of hydrogen-bond acceptors (Lipinski definition) is 7. The van der Waals surface area contributed by atoms with E-state index in [0.717, 1.165) is 4.90 Å². The number of carbonyl (C=O) groups excluding carboxylic acids is 2. The van der Waals surface area contributed by atoms with Crippen molar-refractivity contribution in [1.29, 1.82) is 0 Å². The molecule has 190 valence electrons. The van der Waals surface area contributed by atoms with Crippen molar-refractivity contribution in [2.24, 2.45) is 0 Å². The summed E-state index contributed by atoms with van der Waals surface area (Å²) in [6.45, 7) is 10.2. The van der Waals surface area contributed by atoms with Gasteiger partial charge in [0.25, 0.3) is 0 Å². The molecule has 1 heterocycles. The minimum atomic E-state index is -0.928. The van der Waals surface area contributed by atoms with E-state index in [1.807, 2.05) is 12.1 Å². The molecule has 9 nitrogen and oxygen atoms in total. The summed E-state index contributed by atoms with van der Waals surface area (Å²) in [5.74, 6) is -0.850. The van der Waals surface area contributed by atoms with Crippen LogP contribution in [0.2, 0.25) is 0 Å². The summed E-state index contributed by atoms with van der Waals surface area (Å²) in [6.07, 6.45) is -0.435. The van der Waals surface area contributed by atoms with Crippen LogP contribution in [0.4, 0.5) is 26.8 Å². The van der Waals surface area contributed by atoms with Crippen LogP contribution < -0.4 is 10.2 Å². The van der Waals surface area contributed by atoms with Crippen LogP contribution in [0, 0.1) is 0 Å². The zero-order chi connectivity index (χ0) is 26.7. The fraction of sp³-hybridized carbons (Fsp3) is 0.333. The molecule has 0 radical (unpaired) electrons. The van der Waals surface area contributed by atoms with Crippen LogP contribution in [0.5, 0.6) is 0 Å². The van der Waals surface area contributed by atoms with Gasteiger partial charge in [0.05, 0.1) is 6.42 Å². The second kappa shape index (κ2) is 10.2. The number of hydrogen-bond donors (Lipinski definition) is 2. The van der Waals surface area contributed by atoms with Crippen LogP contribution >= 0.6 is 0 Å². The number of ether oxygens (including phenoxy) is 2. The fourth-order valence-corrected chi connectivity index (χ4v) is 3.40. The quantitative estimate of drug-likeness (QED) is 0.426. The molecule has 0 fully saturated rings. The number of aliphatic carboxylic acids is 1. The van der Waals surface area contributed by atoms with E-state index in [9.17, 15) is 19.5 Å². The predicted octanol–water partition coefficient (Wildman–Crippen LogP) is 6.28. The van der Waals surface area contributed by atoms with E-state index >= 15 is 0 Å². The molecule has 0 aliphatic rings. The minimum absolute atomic E-state index is 0.0776. The Balaban J connectivity index is 2.02. The number of benzene rings is 2. The lowest BCUT2D eigenvalue weighted by molar-refractivity contribution is -0.136. The van der Waals surface area contributed by atoms with Crippen LogP contribution in [-0.4, -0.2) is 39.4 Å². The Hall–Kier alpha value is -4.14. The highest BCUT2D eigenvalue weighted by Gasteiger charge is 2.34. The third-order valence-corrected chi connectivity index (χ3v) is 4.75.